The summed E-state index contributed by atoms with van der Waals surface area (Å²) < 4.78 is 5.39. The van der Waals surface area contributed by atoms with Gasteiger partial charge >= 0.3 is 5.97 Å². The van der Waals surface area contributed by atoms with Gasteiger partial charge in [-0.25, -0.2) is 9.78 Å². The van der Waals surface area contributed by atoms with Crippen LogP contribution in [0.4, 0.5) is 5.69 Å². The van der Waals surface area contributed by atoms with Gasteiger partial charge in [0.1, 0.15) is 11.6 Å². The van der Waals surface area contributed by atoms with Crippen LogP contribution in [0.5, 0.6) is 0 Å². The van der Waals surface area contributed by atoms with E-state index in [1.165, 1.54) is 6.92 Å². The van der Waals surface area contributed by atoms with Crippen LogP contribution in [0.1, 0.15) is 39.1 Å². The summed E-state index contributed by atoms with van der Waals surface area (Å²) >= 11 is 0. The van der Waals surface area contributed by atoms with E-state index in [0.717, 1.165) is 16.7 Å². The second kappa shape index (κ2) is 7.09. The number of H-pyrrole nitrogens is 1. The van der Waals surface area contributed by atoms with E-state index in [2.05, 4.69) is 21.9 Å². The first-order valence-corrected chi connectivity index (χ1v) is 7.50. The minimum absolute atomic E-state index is 0.0631. The van der Waals surface area contributed by atoms with Gasteiger partial charge in [-0.15, -0.1) is 0 Å². The topological polar surface area (TPSA) is 84.1 Å². The average Bonchev–Trinajstić information content (AvgIpc) is 2.92. The van der Waals surface area contributed by atoms with E-state index in [9.17, 15) is 9.59 Å². The molecule has 1 atom stereocenters. The fraction of sp³-hybridized carbons (Fsp3) is 0.353. The van der Waals surface area contributed by atoms with Crippen molar-refractivity contribution in [3.05, 3.63) is 36.2 Å². The van der Waals surface area contributed by atoms with Crippen molar-refractivity contribution in [1.29, 1.82) is 0 Å². The molecule has 0 aliphatic heterocycles. The van der Waals surface area contributed by atoms with Gasteiger partial charge in [0.05, 0.1) is 17.6 Å². The largest absolute Gasteiger partial charge is 0.451 e. The van der Waals surface area contributed by atoms with Crippen molar-refractivity contribution in [3.63, 3.8) is 0 Å². The number of carbonyl (C=O) groups is 2. The van der Waals surface area contributed by atoms with Gasteiger partial charge in [0.15, 0.2) is 6.10 Å². The molecule has 0 fully saturated rings. The number of ketones is 1. The Morgan fingerprint density at radius 1 is 1.39 bits per heavy atom. The van der Waals surface area contributed by atoms with Crippen LogP contribution in [-0.4, -0.2) is 28.3 Å². The fourth-order valence-electron chi connectivity index (χ4n) is 2.08. The number of rotatable bonds is 7. The summed E-state index contributed by atoms with van der Waals surface area (Å²) in [5.74, 6) is 0.232. The second-order valence-corrected chi connectivity index (χ2v) is 5.49. The Labute approximate surface area is 134 Å². The molecule has 2 aromatic rings. The monoisotopic (exact) mass is 315 g/mol. The van der Waals surface area contributed by atoms with Gasteiger partial charge in [0, 0.05) is 11.3 Å². The van der Waals surface area contributed by atoms with E-state index >= 15 is 0 Å². The van der Waals surface area contributed by atoms with Crippen LogP contribution in [-0.2, 0) is 14.3 Å². The molecule has 0 bridgehead atoms. The highest BCUT2D eigenvalue weighted by Crippen LogP contribution is 2.24. The number of carbonyl (C=O) groups excluding carboxylic acids is 2. The van der Waals surface area contributed by atoms with Crippen molar-refractivity contribution in [2.75, 3.05) is 11.9 Å². The van der Waals surface area contributed by atoms with E-state index in [0.29, 0.717) is 17.8 Å². The molecule has 1 heterocycles. The van der Waals surface area contributed by atoms with E-state index < -0.39 is 12.1 Å². The maximum absolute atomic E-state index is 11.7. The lowest BCUT2D eigenvalue weighted by atomic mass is 10.2. The summed E-state index contributed by atoms with van der Waals surface area (Å²) in [7, 11) is 0. The SMILES string of the molecule is C=C(C)C(=O)OC(CC)c1nc2ccc(NCC(C)=O)cc2[nH]1. The molecule has 6 heteroatoms. The van der Waals surface area contributed by atoms with Gasteiger partial charge in [-0.1, -0.05) is 13.5 Å². The molecule has 2 rings (SSSR count). The summed E-state index contributed by atoms with van der Waals surface area (Å²) in [6.07, 6.45) is 0.161. The molecule has 0 aliphatic rings. The van der Waals surface area contributed by atoms with E-state index in [1.807, 2.05) is 25.1 Å². The van der Waals surface area contributed by atoms with E-state index in [1.54, 1.807) is 6.92 Å². The van der Waals surface area contributed by atoms with E-state index in [-0.39, 0.29) is 12.3 Å². The molecular weight excluding hydrogens is 294 g/mol. The molecule has 0 amide bonds. The average molecular weight is 315 g/mol. The number of imidazole rings is 1. The molecule has 23 heavy (non-hydrogen) atoms. The summed E-state index contributed by atoms with van der Waals surface area (Å²) in [6, 6.07) is 5.59. The van der Waals surface area contributed by atoms with Gasteiger partial charge in [0.2, 0.25) is 0 Å². The highest BCUT2D eigenvalue weighted by molar-refractivity contribution is 5.87. The third-order valence-corrected chi connectivity index (χ3v) is 3.32. The standard InChI is InChI=1S/C17H21N3O3/c1-5-15(23-17(22)10(2)3)16-19-13-7-6-12(8-14(13)20-16)18-9-11(4)21/h6-8,15,18H,2,5,9H2,1,3-4H3,(H,19,20). The Balaban J connectivity index is 2.22. The quantitative estimate of drug-likeness (QED) is 0.606. The van der Waals surface area contributed by atoms with Crippen LogP contribution in [0, 0.1) is 0 Å². The molecule has 1 aromatic heterocycles. The van der Waals surface area contributed by atoms with Crippen molar-refractivity contribution in [2.24, 2.45) is 0 Å². The predicted molar refractivity (Wildman–Crippen MR) is 89.2 cm³/mol. The van der Waals surface area contributed by atoms with E-state index in [4.69, 9.17) is 4.74 Å². The number of Topliss-reactive ketones (excluding diaryl/α,β-unsaturated/α-hetero) is 1. The molecule has 0 radical (unpaired) electrons. The zero-order chi connectivity index (χ0) is 17.0. The first-order chi connectivity index (χ1) is 10.9. The maximum atomic E-state index is 11.7. The lowest BCUT2D eigenvalue weighted by Crippen LogP contribution is -2.12. The minimum atomic E-state index is -0.444. The first-order valence-electron chi connectivity index (χ1n) is 7.50. The van der Waals surface area contributed by atoms with Crippen LogP contribution in [0.3, 0.4) is 0 Å². The molecule has 122 valence electrons. The Morgan fingerprint density at radius 2 is 2.13 bits per heavy atom. The summed E-state index contributed by atoms with van der Waals surface area (Å²) in [4.78, 5) is 30.4. The highest BCUT2D eigenvalue weighted by atomic mass is 16.5. The molecule has 2 N–H and O–H groups in total. The molecule has 0 aliphatic carbocycles. The Morgan fingerprint density at radius 3 is 2.74 bits per heavy atom. The van der Waals surface area contributed by atoms with Crippen LogP contribution in [0.15, 0.2) is 30.4 Å². The van der Waals surface area contributed by atoms with Crippen molar-refractivity contribution in [3.8, 4) is 0 Å². The smallest absolute Gasteiger partial charge is 0.333 e. The highest BCUT2D eigenvalue weighted by Gasteiger charge is 2.19. The molecule has 1 aromatic carbocycles. The molecule has 0 saturated carbocycles. The van der Waals surface area contributed by atoms with Crippen LogP contribution < -0.4 is 5.32 Å². The number of benzene rings is 1. The zero-order valence-electron chi connectivity index (χ0n) is 13.6. The zero-order valence-corrected chi connectivity index (χ0v) is 13.6. The summed E-state index contributed by atoms with van der Waals surface area (Å²) in [6.45, 7) is 8.92. The number of hydrogen-bond donors (Lipinski definition) is 2. The normalized spacial score (nSPS) is 12.0. The third-order valence-electron chi connectivity index (χ3n) is 3.32. The Kier molecular flexibility index (Phi) is 5.16. The number of aromatic nitrogens is 2. The first kappa shape index (κ1) is 16.7. The third kappa shape index (κ3) is 4.18. The van der Waals surface area contributed by atoms with Gasteiger partial charge in [0.25, 0.3) is 0 Å². The lowest BCUT2D eigenvalue weighted by molar-refractivity contribution is -0.145. The number of anilines is 1. The van der Waals surface area contributed by atoms with Gasteiger partial charge in [-0.05, 0) is 38.5 Å². The summed E-state index contributed by atoms with van der Waals surface area (Å²) in [5.41, 5.74) is 2.78. The van der Waals surface area contributed by atoms with Crippen molar-refractivity contribution in [2.45, 2.75) is 33.3 Å². The number of aromatic amines is 1. The van der Waals surface area contributed by atoms with Crippen LogP contribution >= 0.6 is 0 Å². The molecule has 0 spiro atoms. The van der Waals surface area contributed by atoms with Crippen LogP contribution in [0.2, 0.25) is 0 Å². The van der Waals surface area contributed by atoms with Gasteiger partial charge < -0.3 is 15.0 Å². The lowest BCUT2D eigenvalue weighted by Gasteiger charge is -2.13. The van der Waals surface area contributed by atoms with Gasteiger partial charge in [-0.3, -0.25) is 4.79 Å². The summed E-state index contributed by atoms with van der Waals surface area (Å²) in [5, 5.41) is 3.04. The van der Waals surface area contributed by atoms with Gasteiger partial charge in [-0.2, -0.15) is 0 Å². The van der Waals surface area contributed by atoms with Crippen molar-refractivity contribution < 1.29 is 14.3 Å². The Bertz CT molecular complexity index is 749. The molecule has 1 unspecified atom stereocenters. The molecular formula is C17H21N3O3. The number of ether oxygens (including phenoxy) is 1. The maximum Gasteiger partial charge on any atom is 0.333 e. The number of nitrogens with zero attached hydrogens (tertiary/aromatic N) is 1. The number of fused-ring (bicyclic) bond motifs is 1. The second-order valence-electron chi connectivity index (χ2n) is 5.49. The number of nitrogens with one attached hydrogen (secondary N) is 2. The minimum Gasteiger partial charge on any atom is -0.451 e. The molecule has 6 nitrogen and oxygen atoms in total. The predicted octanol–water partition coefficient (Wildman–Crippen LogP) is 3.13. The van der Waals surface area contributed by atoms with Crippen molar-refractivity contribution in [1.82, 2.24) is 9.97 Å². The number of esters is 1. The van der Waals surface area contributed by atoms with Crippen LogP contribution in [0.25, 0.3) is 11.0 Å². The fourth-order valence-corrected chi connectivity index (χ4v) is 2.08. The number of hydrogen-bond acceptors (Lipinski definition) is 5. The van der Waals surface area contributed by atoms with Crippen molar-refractivity contribution >= 4 is 28.5 Å². The Hall–Kier alpha value is -2.63. The molecule has 0 saturated heterocycles.